The van der Waals surface area contributed by atoms with Gasteiger partial charge in [0.25, 0.3) is 11.8 Å². The van der Waals surface area contributed by atoms with Gasteiger partial charge in [0, 0.05) is 52.7 Å². The number of carbonyl (C=O) groups is 3. The second-order valence-corrected chi connectivity index (χ2v) is 7.12. The summed E-state index contributed by atoms with van der Waals surface area (Å²) in [5.74, 6) is 0.176. The molecule has 2 aliphatic heterocycles. The zero-order valence-corrected chi connectivity index (χ0v) is 16.5. The first-order valence-electron chi connectivity index (χ1n) is 9.91. The number of rotatable bonds is 4. The Morgan fingerprint density at radius 1 is 0.963 bits per heavy atom. The second-order valence-electron chi connectivity index (χ2n) is 7.12. The van der Waals surface area contributed by atoms with E-state index in [0.29, 0.717) is 50.8 Å². The van der Waals surface area contributed by atoms with Crippen LogP contribution in [0.25, 0.3) is 0 Å². The number of aromatic nitrogens is 2. The van der Waals surface area contributed by atoms with E-state index in [1.165, 1.54) is 0 Å². The molecule has 0 radical (unpaired) electrons. The van der Waals surface area contributed by atoms with Crippen LogP contribution in [0.5, 0.6) is 0 Å². The lowest BCUT2D eigenvalue weighted by Gasteiger charge is -2.34. The van der Waals surface area contributed by atoms with Gasteiger partial charge in [-0.1, -0.05) is 0 Å². The van der Waals surface area contributed by atoms with E-state index >= 15 is 0 Å². The number of carbonyl (C=O) groups excluding carboxylic acids is 3. The van der Waals surface area contributed by atoms with Gasteiger partial charge in [0.15, 0.2) is 5.82 Å². The molecule has 0 bridgehead atoms. The molecule has 0 aromatic carbocycles. The molecule has 3 amide bonds. The molecule has 2 aliphatic rings. The molecule has 3 rings (SSSR count). The number of nitrogens with zero attached hydrogens (tertiary/aromatic N) is 5. The predicted octanol–water partition coefficient (Wildman–Crippen LogP) is 1.01. The summed E-state index contributed by atoms with van der Waals surface area (Å²) >= 11 is 0. The Hall–Kier alpha value is -2.38. The highest BCUT2D eigenvalue weighted by Gasteiger charge is 2.32. The molecule has 0 unspecified atom stereocenters. The van der Waals surface area contributed by atoms with Gasteiger partial charge >= 0.3 is 0 Å². The van der Waals surface area contributed by atoms with E-state index in [0.717, 1.165) is 31.5 Å². The number of hydrogen-bond donors (Lipinski definition) is 0. The maximum absolute atomic E-state index is 13.1. The minimum Gasteiger partial charge on any atom is -0.339 e. The maximum atomic E-state index is 13.1. The van der Waals surface area contributed by atoms with Gasteiger partial charge in [0.05, 0.1) is 5.69 Å². The summed E-state index contributed by atoms with van der Waals surface area (Å²) in [5, 5.41) is 0. The summed E-state index contributed by atoms with van der Waals surface area (Å²) in [6, 6.07) is 0. The van der Waals surface area contributed by atoms with Crippen molar-refractivity contribution in [3.63, 3.8) is 0 Å². The van der Waals surface area contributed by atoms with Crippen molar-refractivity contribution in [3.8, 4) is 0 Å². The molecular formula is C19H29N5O3. The monoisotopic (exact) mass is 375 g/mol. The third-order valence-electron chi connectivity index (χ3n) is 5.57. The van der Waals surface area contributed by atoms with Gasteiger partial charge in [-0.3, -0.25) is 14.4 Å². The highest BCUT2D eigenvalue weighted by Crippen LogP contribution is 2.23. The molecule has 8 heteroatoms. The highest BCUT2D eigenvalue weighted by molar-refractivity contribution is 5.97. The smallest absolute Gasteiger partial charge is 0.290 e. The molecule has 0 atom stereocenters. The van der Waals surface area contributed by atoms with Gasteiger partial charge in [-0.05, 0) is 33.1 Å². The average Bonchev–Trinajstić information content (AvgIpc) is 3.08. The van der Waals surface area contributed by atoms with Crippen LogP contribution in [0.4, 0.5) is 0 Å². The standard InChI is InChI=1S/C19H29N5O3/c1-4-21(5-2)18(26)16-15-8-6-7-9-24(15)17(20-16)19(27)23-12-10-22(11-13-23)14(3)25/h4-13H2,1-3H3. The molecule has 0 aliphatic carbocycles. The Morgan fingerprint density at radius 3 is 2.19 bits per heavy atom. The first-order chi connectivity index (χ1) is 13.0. The molecular weight excluding hydrogens is 346 g/mol. The summed E-state index contributed by atoms with van der Waals surface area (Å²) in [5.41, 5.74) is 1.33. The first kappa shape index (κ1) is 19.4. The normalized spacial score (nSPS) is 16.9. The fourth-order valence-electron chi connectivity index (χ4n) is 3.90. The van der Waals surface area contributed by atoms with Gasteiger partial charge in [-0.25, -0.2) is 4.98 Å². The molecule has 27 heavy (non-hydrogen) atoms. The Kier molecular flexibility index (Phi) is 5.82. The number of piperazine rings is 1. The van der Waals surface area contributed by atoms with E-state index in [-0.39, 0.29) is 17.7 Å². The van der Waals surface area contributed by atoms with Crippen molar-refractivity contribution in [2.24, 2.45) is 0 Å². The second kappa shape index (κ2) is 8.10. The van der Waals surface area contributed by atoms with Crippen molar-refractivity contribution in [3.05, 3.63) is 17.2 Å². The predicted molar refractivity (Wildman–Crippen MR) is 101 cm³/mol. The van der Waals surface area contributed by atoms with Crippen LogP contribution in [0.15, 0.2) is 0 Å². The molecule has 0 N–H and O–H groups in total. The fourth-order valence-corrected chi connectivity index (χ4v) is 3.90. The van der Waals surface area contributed by atoms with Gasteiger partial charge in [-0.2, -0.15) is 0 Å². The lowest BCUT2D eigenvalue weighted by molar-refractivity contribution is -0.130. The van der Waals surface area contributed by atoms with E-state index in [1.807, 2.05) is 18.4 Å². The summed E-state index contributed by atoms with van der Waals surface area (Å²) in [7, 11) is 0. The molecule has 1 aromatic heterocycles. The average molecular weight is 375 g/mol. The Morgan fingerprint density at radius 2 is 1.59 bits per heavy atom. The lowest BCUT2D eigenvalue weighted by atomic mass is 10.1. The van der Waals surface area contributed by atoms with Crippen LogP contribution >= 0.6 is 0 Å². The third kappa shape index (κ3) is 3.70. The lowest BCUT2D eigenvalue weighted by Crippen LogP contribution is -2.50. The summed E-state index contributed by atoms with van der Waals surface area (Å²) in [6.45, 7) is 9.50. The van der Waals surface area contributed by atoms with Crippen LogP contribution in [-0.2, 0) is 17.8 Å². The van der Waals surface area contributed by atoms with Crippen molar-refractivity contribution in [2.45, 2.75) is 46.6 Å². The van der Waals surface area contributed by atoms with Crippen LogP contribution in [0.2, 0.25) is 0 Å². The van der Waals surface area contributed by atoms with Gasteiger partial charge in [-0.15, -0.1) is 0 Å². The molecule has 0 spiro atoms. The molecule has 0 saturated carbocycles. The van der Waals surface area contributed by atoms with Crippen molar-refractivity contribution in [2.75, 3.05) is 39.3 Å². The molecule has 1 aromatic rings. The van der Waals surface area contributed by atoms with Crippen molar-refractivity contribution in [1.29, 1.82) is 0 Å². The van der Waals surface area contributed by atoms with E-state index < -0.39 is 0 Å². The summed E-state index contributed by atoms with van der Waals surface area (Å²) in [4.78, 5) is 47.3. The first-order valence-corrected chi connectivity index (χ1v) is 9.91. The number of amides is 3. The molecule has 1 fully saturated rings. The minimum absolute atomic E-state index is 0.0346. The van der Waals surface area contributed by atoms with Crippen molar-refractivity contribution < 1.29 is 14.4 Å². The number of hydrogen-bond acceptors (Lipinski definition) is 4. The Balaban J connectivity index is 1.86. The molecule has 8 nitrogen and oxygen atoms in total. The minimum atomic E-state index is -0.139. The van der Waals surface area contributed by atoms with Crippen LogP contribution < -0.4 is 0 Å². The Bertz CT molecular complexity index is 730. The number of imidazole rings is 1. The van der Waals surface area contributed by atoms with Crippen LogP contribution in [-0.4, -0.2) is 81.2 Å². The Labute approximate surface area is 160 Å². The maximum Gasteiger partial charge on any atom is 0.290 e. The van der Waals surface area contributed by atoms with Crippen molar-refractivity contribution in [1.82, 2.24) is 24.3 Å². The largest absolute Gasteiger partial charge is 0.339 e. The number of fused-ring (bicyclic) bond motifs is 1. The molecule has 148 valence electrons. The van der Waals surface area contributed by atoms with E-state index in [1.54, 1.807) is 21.6 Å². The topological polar surface area (TPSA) is 78.8 Å². The van der Waals surface area contributed by atoms with Gasteiger partial charge < -0.3 is 19.3 Å². The van der Waals surface area contributed by atoms with E-state index in [9.17, 15) is 14.4 Å². The molecule has 3 heterocycles. The highest BCUT2D eigenvalue weighted by atomic mass is 16.2. The van der Waals surface area contributed by atoms with E-state index in [2.05, 4.69) is 4.98 Å². The zero-order chi connectivity index (χ0) is 19.6. The van der Waals surface area contributed by atoms with Crippen LogP contribution in [0.1, 0.15) is 60.4 Å². The van der Waals surface area contributed by atoms with E-state index in [4.69, 9.17) is 0 Å². The zero-order valence-electron chi connectivity index (χ0n) is 16.5. The quantitative estimate of drug-likeness (QED) is 0.787. The summed E-state index contributed by atoms with van der Waals surface area (Å²) in [6.07, 6.45) is 2.77. The van der Waals surface area contributed by atoms with Gasteiger partial charge in [0.1, 0.15) is 5.69 Å². The van der Waals surface area contributed by atoms with Crippen LogP contribution in [0, 0.1) is 0 Å². The SMILES string of the molecule is CCN(CC)C(=O)c1nc(C(=O)N2CCN(C(C)=O)CC2)n2c1CCCC2. The van der Waals surface area contributed by atoms with Crippen molar-refractivity contribution >= 4 is 17.7 Å². The third-order valence-corrected chi connectivity index (χ3v) is 5.57. The van der Waals surface area contributed by atoms with Crippen LogP contribution in [0.3, 0.4) is 0 Å². The van der Waals surface area contributed by atoms with Gasteiger partial charge in [0.2, 0.25) is 5.91 Å². The summed E-state index contributed by atoms with van der Waals surface area (Å²) < 4.78 is 1.94. The fraction of sp³-hybridized carbons (Fsp3) is 0.684. The molecule has 1 saturated heterocycles.